The van der Waals surface area contributed by atoms with Crippen LogP contribution < -0.4 is 5.32 Å². The lowest BCUT2D eigenvalue weighted by atomic mass is 10.3. The van der Waals surface area contributed by atoms with E-state index in [-0.39, 0.29) is 24.9 Å². The van der Waals surface area contributed by atoms with Gasteiger partial charge in [0.1, 0.15) is 0 Å². The smallest absolute Gasteiger partial charge is 0.241 e. The lowest BCUT2D eigenvalue weighted by Crippen LogP contribution is -2.44. The van der Waals surface area contributed by atoms with Crippen LogP contribution in [-0.2, 0) is 9.59 Å². The van der Waals surface area contributed by atoms with Crippen LogP contribution in [0.5, 0.6) is 0 Å². The second kappa shape index (κ2) is 8.75. The van der Waals surface area contributed by atoms with E-state index in [9.17, 15) is 9.59 Å². The molecule has 0 aliphatic carbocycles. The molecule has 2 amide bonds. The number of carbonyl (C=O) groups is 2. The maximum absolute atomic E-state index is 11.8. The summed E-state index contributed by atoms with van der Waals surface area (Å²) in [4.78, 5) is 26.5. The highest BCUT2D eigenvalue weighted by Crippen LogP contribution is 1.94. The molecule has 0 fully saturated rings. The van der Waals surface area contributed by atoms with Gasteiger partial charge in [0.2, 0.25) is 11.8 Å². The maximum atomic E-state index is 11.8. The van der Waals surface area contributed by atoms with Gasteiger partial charge < -0.3 is 15.1 Å². The number of carbonyl (C=O) groups excluding carboxylic acids is 2. The first kappa shape index (κ1) is 15.6. The summed E-state index contributed by atoms with van der Waals surface area (Å²) in [7, 11) is 3.37. The van der Waals surface area contributed by atoms with E-state index in [4.69, 9.17) is 0 Å². The Morgan fingerprint density at radius 1 is 1.29 bits per heavy atom. The van der Waals surface area contributed by atoms with E-state index in [2.05, 4.69) is 11.9 Å². The van der Waals surface area contributed by atoms with Crippen LogP contribution in [0.2, 0.25) is 0 Å². The molecule has 0 spiro atoms. The van der Waals surface area contributed by atoms with Gasteiger partial charge in [0.15, 0.2) is 0 Å². The highest BCUT2D eigenvalue weighted by molar-refractivity contribution is 5.85. The van der Waals surface area contributed by atoms with Crippen LogP contribution in [0.15, 0.2) is 12.7 Å². The Bertz CT molecular complexity index is 264. The van der Waals surface area contributed by atoms with Gasteiger partial charge >= 0.3 is 0 Å². The summed E-state index contributed by atoms with van der Waals surface area (Å²) >= 11 is 0. The lowest BCUT2D eigenvalue weighted by molar-refractivity contribution is -0.138. The molecule has 5 heteroatoms. The average Bonchev–Trinajstić information content (AvgIpc) is 2.28. The highest BCUT2D eigenvalue weighted by Gasteiger charge is 2.16. The molecule has 0 atom stereocenters. The zero-order chi connectivity index (χ0) is 13.3. The molecule has 0 aromatic rings. The van der Waals surface area contributed by atoms with Crippen molar-refractivity contribution >= 4 is 11.8 Å². The van der Waals surface area contributed by atoms with Crippen LogP contribution >= 0.6 is 0 Å². The fraction of sp³-hybridized carbons (Fsp3) is 0.667. The van der Waals surface area contributed by atoms with Crippen molar-refractivity contribution in [3.8, 4) is 0 Å². The molecule has 0 rings (SSSR count). The summed E-state index contributed by atoms with van der Waals surface area (Å²) < 4.78 is 0. The molecule has 0 aliphatic rings. The Balaban J connectivity index is 4.24. The first-order valence-corrected chi connectivity index (χ1v) is 5.82. The van der Waals surface area contributed by atoms with Crippen molar-refractivity contribution in [2.24, 2.45) is 0 Å². The van der Waals surface area contributed by atoms with E-state index < -0.39 is 0 Å². The third kappa shape index (κ3) is 6.73. The number of rotatable bonds is 8. The number of hydrogen-bond donors (Lipinski definition) is 1. The van der Waals surface area contributed by atoms with E-state index >= 15 is 0 Å². The van der Waals surface area contributed by atoms with E-state index in [0.29, 0.717) is 13.1 Å². The van der Waals surface area contributed by atoms with Gasteiger partial charge in [-0.3, -0.25) is 9.59 Å². The third-order valence-electron chi connectivity index (χ3n) is 2.24. The van der Waals surface area contributed by atoms with Crippen LogP contribution in [0.25, 0.3) is 0 Å². The molecular weight excluding hydrogens is 218 g/mol. The lowest BCUT2D eigenvalue weighted by Gasteiger charge is -2.23. The quantitative estimate of drug-likeness (QED) is 0.484. The molecule has 17 heavy (non-hydrogen) atoms. The van der Waals surface area contributed by atoms with Crippen LogP contribution in [0.4, 0.5) is 0 Å². The Morgan fingerprint density at radius 2 is 1.94 bits per heavy atom. The molecule has 0 radical (unpaired) electrons. The number of hydrogen-bond acceptors (Lipinski definition) is 3. The zero-order valence-corrected chi connectivity index (χ0v) is 11.0. The van der Waals surface area contributed by atoms with Crippen LogP contribution in [0.3, 0.4) is 0 Å². The van der Waals surface area contributed by atoms with Crippen LogP contribution in [0, 0.1) is 0 Å². The summed E-state index contributed by atoms with van der Waals surface area (Å²) in [5, 5.41) is 2.94. The number of nitrogens with one attached hydrogen (secondary N) is 1. The Kier molecular flexibility index (Phi) is 8.05. The topological polar surface area (TPSA) is 52.7 Å². The molecule has 0 bridgehead atoms. The highest BCUT2D eigenvalue weighted by atomic mass is 16.2. The van der Waals surface area contributed by atoms with Crippen molar-refractivity contribution in [2.75, 3.05) is 40.3 Å². The number of likely N-dealkylation sites (N-methyl/N-ethyl adjacent to an activating group) is 1. The Labute approximate surface area is 103 Å². The fourth-order valence-electron chi connectivity index (χ4n) is 1.26. The SMILES string of the molecule is C=CCNCC(=O)N(CCC)CC(=O)N(C)C. The van der Waals surface area contributed by atoms with Gasteiger partial charge in [0.05, 0.1) is 13.1 Å². The fourth-order valence-corrected chi connectivity index (χ4v) is 1.26. The first-order chi connectivity index (χ1) is 8.02. The summed E-state index contributed by atoms with van der Waals surface area (Å²) in [5.74, 6) is -0.112. The molecule has 0 aromatic heterocycles. The van der Waals surface area contributed by atoms with Gasteiger partial charge in [-0.15, -0.1) is 6.58 Å². The monoisotopic (exact) mass is 241 g/mol. The Morgan fingerprint density at radius 3 is 2.41 bits per heavy atom. The minimum atomic E-state index is -0.0597. The van der Waals surface area contributed by atoms with Crippen molar-refractivity contribution in [1.29, 1.82) is 0 Å². The maximum Gasteiger partial charge on any atom is 0.241 e. The van der Waals surface area contributed by atoms with Crippen molar-refractivity contribution in [1.82, 2.24) is 15.1 Å². The van der Waals surface area contributed by atoms with Gasteiger partial charge in [-0.1, -0.05) is 13.0 Å². The molecule has 0 saturated carbocycles. The second-order valence-electron chi connectivity index (χ2n) is 4.02. The summed E-state index contributed by atoms with van der Waals surface area (Å²) in [6, 6.07) is 0. The van der Waals surface area contributed by atoms with Crippen LogP contribution in [-0.4, -0.2) is 61.9 Å². The van der Waals surface area contributed by atoms with E-state index in [1.54, 1.807) is 25.1 Å². The molecule has 98 valence electrons. The van der Waals surface area contributed by atoms with Gasteiger partial charge in [-0.05, 0) is 6.42 Å². The van der Waals surface area contributed by atoms with E-state index in [1.807, 2.05) is 6.92 Å². The predicted molar refractivity (Wildman–Crippen MR) is 68.6 cm³/mol. The van der Waals surface area contributed by atoms with E-state index in [0.717, 1.165) is 6.42 Å². The van der Waals surface area contributed by atoms with Crippen molar-refractivity contribution < 1.29 is 9.59 Å². The standard InChI is InChI=1S/C12H23N3O2/c1-5-7-13-9-11(16)15(8-6-2)10-12(17)14(3)4/h5,13H,1,6-10H2,2-4H3. The number of nitrogens with zero attached hydrogens (tertiary/aromatic N) is 2. The van der Waals surface area contributed by atoms with Crippen LogP contribution in [0.1, 0.15) is 13.3 Å². The van der Waals surface area contributed by atoms with Gasteiger partial charge in [-0.25, -0.2) is 0 Å². The van der Waals surface area contributed by atoms with Gasteiger partial charge in [0.25, 0.3) is 0 Å². The molecular formula is C12H23N3O2. The molecule has 0 unspecified atom stereocenters. The second-order valence-corrected chi connectivity index (χ2v) is 4.02. The predicted octanol–water partition coefficient (Wildman–Crippen LogP) is 0.0888. The minimum absolute atomic E-state index is 0.0519. The first-order valence-electron chi connectivity index (χ1n) is 5.82. The summed E-state index contributed by atoms with van der Waals surface area (Å²) in [6.45, 7) is 7.13. The number of amides is 2. The zero-order valence-electron chi connectivity index (χ0n) is 11.0. The van der Waals surface area contributed by atoms with E-state index in [1.165, 1.54) is 4.90 Å². The third-order valence-corrected chi connectivity index (χ3v) is 2.24. The summed E-state index contributed by atoms with van der Waals surface area (Å²) in [5.41, 5.74) is 0. The van der Waals surface area contributed by atoms with Crippen molar-refractivity contribution in [2.45, 2.75) is 13.3 Å². The molecule has 1 N–H and O–H groups in total. The van der Waals surface area contributed by atoms with Crippen molar-refractivity contribution in [3.05, 3.63) is 12.7 Å². The molecule has 0 heterocycles. The average molecular weight is 241 g/mol. The molecule has 0 aromatic carbocycles. The normalized spacial score (nSPS) is 9.82. The Hall–Kier alpha value is -1.36. The molecule has 0 saturated heterocycles. The molecule has 0 aliphatic heterocycles. The van der Waals surface area contributed by atoms with Crippen molar-refractivity contribution in [3.63, 3.8) is 0 Å². The van der Waals surface area contributed by atoms with Gasteiger partial charge in [-0.2, -0.15) is 0 Å². The minimum Gasteiger partial charge on any atom is -0.347 e. The largest absolute Gasteiger partial charge is 0.347 e. The molecule has 5 nitrogen and oxygen atoms in total. The summed E-state index contributed by atoms with van der Waals surface area (Å²) in [6.07, 6.45) is 2.54. The van der Waals surface area contributed by atoms with Gasteiger partial charge in [0, 0.05) is 27.2 Å².